The molecule has 14 heteroatoms. The first-order valence-corrected chi connectivity index (χ1v) is 22.1. The molecule has 3 heterocycles. The summed E-state index contributed by atoms with van der Waals surface area (Å²) in [5.74, 6) is 0.378. The van der Waals surface area contributed by atoms with Crippen LogP contribution in [0.25, 0.3) is 32.9 Å². The third kappa shape index (κ3) is 9.48. The van der Waals surface area contributed by atoms with Gasteiger partial charge in [0, 0.05) is 34.6 Å². The maximum atomic E-state index is 13.3. The standard InChI is InChI=1S/C26H23BrClN5O.C22H17BrClN3O/c1-16-12-24(33(31-16)21-8-5-17-13-20(27)7-4-18(17)14-21)26(34)30-23-9-6-19(15-22(23)28)25-29-10-3-11-32(25)2;1-13-3-8-20(19(24)9-13)25-22(28)21-10-14(2)26-27(21)18-7-5-15-11-17(23)6-4-16(15)12-18/h4-9,12-15H,3,10-11H2,1-2H3,(H,30,34);3-12H,1-2H3,(H,25,28). The molecule has 312 valence electrons. The zero-order valence-corrected chi connectivity index (χ0v) is 38.9. The molecule has 8 aromatic rings. The average molecular weight is 992 g/mol. The molecule has 1 aliphatic heterocycles. The number of rotatable bonds is 7. The number of aromatic nitrogens is 4. The van der Waals surface area contributed by atoms with Gasteiger partial charge < -0.3 is 15.5 Å². The van der Waals surface area contributed by atoms with E-state index in [-0.39, 0.29) is 11.8 Å². The average Bonchev–Trinajstić information content (AvgIpc) is 3.85. The predicted octanol–water partition coefficient (Wildman–Crippen LogP) is 12.4. The van der Waals surface area contributed by atoms with Gasteiger partial charge in [-0.3, -0.25) is 14.6 Å². The van der Waals surface area contributed by atoms with Gasteiger partial charge in [0.1, 0.15) is 17.2 Å². The van der Waals surface area contributed by atoms with Gasteiger partial charge in [-0.05, 0) is 145 Å². The second kappa shape index (κ2) is 18.3. The van der Waals surface area contributed by atoms with Gasteiger partial charge in [0.15, 0.2) is 0 Å². The maximum Gasteiger partial charge on any atom is 0.274 e. The van der Waals surface area contributed by atoms with Crippen LogP contribution in [0.15, 0.2) is 135 Å². The number of nitrogens with one attached hydrogen (secondary N) is 2. The van der Waals surface area contributed by atoms with Crippen molar-refractivity contribution in [3.63, 3.8) is 0 Å². The molecule has 9 rings (SSSR count). The number of aryl methyl sites for hydroxylation is 3. The van der Waals surface area contributed by atoms with Crippen molar-refractivity contribution >= 4 is 106 Å². The summed E-state index contributed by atoms with van der Waals surface area (Å²) in [4.78, 5) is 32.9. The van der Waals surface area contributed by atoms with Gasteiger partial charge in [0.2, 0.25) is 0 Å². The molecular formula is C48H40Br2Cl2N8O2. The molecule has 10 nitrogen and oxygen atoms in total. The van der Waals surface area contributed by atoms with E-state index in [0.717, 1.165) is 89.7 Å². The second-order valence-corrected chi connectivity index (χ2v) is 17.7. The van der Waals surface area contributed by atoms with E-state index in [9.17, 15) is 9.59 Å². The van der Waals surface area contributed by atoms with Crippen molar-refractivity contribution in [2.75, 3.05) is 30.8 Å². The van der Waals surface area contributed by atoms with Crippen LogP contribution in [0.5, 0.6) is 0 Å². The Morgan fingerprint density at radius 1 is 0.597 bits per heavy atom. The zero-order chi connectivity index (χ0) is 43.7. The number of amides is 2. The van der Waals surface area contributed by atoms with Crippen molar-refractivity contribution in [1.82, 2.24) is 24.5 Å². The number of carbonyl (C=O) groups excluding carboxylic acids is 2. The number of halogens is 4. The van der Waals surface area contributed by atoms with Crippen LogP contribution in [0.1, 0.15) is 49.9 Å². The number of fused-ring (bicyclic) bond motifs is 2. The summed E-state index contributed by atoms with van der Waals surface area (Å²) in [5, 5.41) is 20.2. The lowest BCUT2D eigenvalue weighted by Gasteiger charge is -2.25. The number of amidine groups is 1. The summed E-state index contributed by atoms with van der Waals surface area (Å²) < 4.78 is 5.37. The Labute approximate surface area is 385 Å². The number of benzene rings is 6. The van der Waals surface area contributed by atoms with Gasteiger partial charge in [-0.2, -0.15) is 10.2 Å². The summed E-state index contributed by atoms with van der Waals surface area (Å²) in [6, 6.07) is 38.8. The zero-order valence-electron chi connectivity index (χ0n) is 34.2. The highest BCUT2D eigenvalue weighted by molar-refractivity contribution is 9.10. The summed E-state index contributed by atoms with van der Waals surface area (Å²) in [5.41, 5.74) is 7.12. The molecule has 1 aliphatic rings. The van der Waals surface area contributed by atoms with Crippen molar-refractivity contribution in [3.8, 4) is 11.4 Å². The summed E-state index contributed by atoms with van der Waals surface area (Å²) in [7, 11) is 2.02. The minimum atomic E-state index is -0.279. The molecule has 2 aromatic heterocycles. The van der Waals surface area contributed by atoms with Crippen molar-refractivity contribution in [3.05, 3.63) is 174 Å². The van der Waals surface area contributed by atoms with E-state index in [1.807, 2.05) is 119 Å². The van der Waals surface area contributed by atoms with E-state index in [1.54, 1.807) is 27.6 Å². The summed E-state index contributed by atoms with van der Waals surface area (Å²) >= 11 is 19.8. The Balaban J connectivity index is 0.000000174. The van der Waals surface area contributed by atoms with Gasteiger partial charge >= 0.3 is 0 Å². The van der Waals surface area contributed by atoms with Gasteiger partial charge in [0.25, 0.3) is 11.8 Å². The first-order chi connectivity index (χ1) is 29.8. The predicted molar refractivity (Wildman–Crippen MR) is 259 cm³/mol. The fourth-order valence-corrected chi connectivity index (χ4v) is 8.54. The van der Waals surface area contributed by atoms with Crippen LogP contribution >= 0.6 is 55.1 Å². The Kier molecular flexibility index (Phi) is 12.6. The van der Waals surface area contributed by atoms with Crippen molar-refractivity contribution in [1.29, 1.82) is 0 Å². The lowest BCUT2D eigenvalue weighted by Crippen LogP contribution is -2.32. The first-order valence-electron chi connectivity index (χ1n) is 19.8. The van der Waals surface area contributed by atoms with E-state index in [4.69, 9.17) is 23.2 Å². The van der Waals surface area contributed by atoms with E-state index < -0.39 is 0 Å². The molecule has 2 N–H and O–H groups in total. The van der Waals surface area contributed by atoms with Crippen LogP contribution in [-0.2, 0) is 0 Å². The van der Waals surface area contributed by atoms with E-state index in [2.05, 4.69) is 74.7 Å². The van der Waals surface area contributed by atoms with E-state index >= 15 is 0 Å². The topological polar surface area (TPSA) is 109 Å². The largest absolute Gasteiger partial charge is 0.359 e. The Bertz CT molecular complexity index is 3070. The molecule has 0 spiro atoms. The molecule has 2 amide bonds. The SMILES string of the molecule is Cc1cc(C(=O)Nc2ccc(C3=NCCCN3C)cc2Cl)n(-c2ccc3cc(Br)ccc3c2)n1.Cc1ccc(NC(=O)c2cc(C)nn2-c2ccc3cc(Br)ccc3c2)c(Cl)c1. The van der Waals surface area contributed by atoms with Crippen LogP contribution in [0, 0.1) is 20.8 Å². The maximum absolute atomic E-state index is 13.3. The molecule has 0 atom stereocenters. The van der Waals surface area contributed by atoms with Crippen LogP contribution in [-0.4, -0.2) is 62.2 Å². The van der Waals surface area contributed by atoms with Crippen molar-refractivity contribution in [2.45, 2.75) is 27.2 Å². The number of carbonyl (C=O) groups is 2. The second-order valence-electron chi connectivity index (χ2n) is 15.1. The van der Waals surface area contributed by atoms with Gasteiger partial charge in [-0.15, -0.1) is 0 Å². The molecule has 0 bridgehead atoms. The van der Waals surface area contributed by atoms with Gasteiger partial charge in [0.05, 0.1) is 44.2 Å². The lowest BCUT2D eigenvalue weighted by molar-refractivity contribution is 0.101. The highest BCUT2D eigenvalue weighted by Gasteiger charge is 2.20. The molecule has 0 radical (unpaired) electrons. The van der Waals surface area contributed by atoms with E-state index in [1.165, 1.54) is 0 Å². The monoisotopic (exact) mass is 988 g/mol. The van der Waals surface area contributed by atoms with Gasteiger partial charge in [-0.25, -0.2) is 9.36 Å². The third-order valence-corrected chi connectivity index (χ3v) is 11.9. The van der Waals surface area contributed by atoms with Crippen molar-refractivity contribution < 1.29 is 9.59 Å². The smallest absolute Gasteiger partial charge is 0.274 e. The van der Waals surface area contributed by atoms with Crippen LogP contribution in [0.4, 0.5) is 11.4 Å². The Hall–Kier alpha value is -5.79. The number of anilines is 2. The number of hydrogen-bond acceptors (Lipinski definition) is 6. The molecule has 62 heavy (non-hydrogen) atoms. The first kappa shape index (κ1) is 42.9. The minimum Gasteiger partial charge on any atom is -0.359 e. The van der Waals surface area contributed by atoms with Gasteiger partial charge in [-0.1, -0.05) is 85.4 Å². The van der Waals surface area contributed by atoms with Crippen LogP contribution < -0.4 is 10.6 Å². The molecule has 0 saturated carbocycles. The van der Waals surface area contributed by atoms with E-state index in [0.29, 0.717) is 32.8 Å². The molecule has 0 saturated heterocycles. The molecule has 0 unspecified atom stereocenters. The normalized spacial score (nSPS) is 12.5. The minimum absolute atomic E-state index is 0.262. The van der Waals surface area contributed by atoms with Crippen molar-refractivity contribution in [2.24, 2.45) is 4.99 Å². The summed E-state index contributed by atoms with van der Waals surface area (Å²) in [6.45, 7) is 7.46. The highest BCUT2D eigenvalue weighted by atomic mass is 79.9. The summed E-state index contributed by atoms with van der Waals surface area (Å²) in [6.07, 6.45) is 1.05. The Morgan fingerprint density at radius 2 is 1.08 bits per heavy atom. The Morgan fingerprint density at radius 3 is 1.58 bits per heavy atom. The number of aliphatic imine (C=N–C) groups is 1. The molecule has 0 fully saturated rings. The molecular weight excluding hydrogens is 951 g/mol. The number of nitrogens with zero attached hydrogens (tertiary/aromatic N) is 6. The molecule has 0 aliphatic carbocycles. The lowest BCUT2D eigenvalue weighted by atomic mass is 10.1. The highest BCUT2D eigenvalue weighted by Crippen LogP contribution is 2.29. The fourth-order valence-electron chi connectivity index (χ4n) is 7.27. The van der Waals surface area contributed by atoms with Crippen LogP contribution in [0.2, 0.25) is 10.0 Å². The molecule has 6 aromatic carbocycles. The third-order valence-electron chi connectivity index (χ3n) is 10.3. The quantitative estimate of drug-likeness (QED) is 0.165. The fraction of sp³-hybridized carbons (Fsp3) is 0.146. The number of hydrogen-bond donors (Lipinski definition) is 2. The van der Waals surface area contributed by atoms with Crippen LogP contribution in [0.3, 0.4) is 0 Å².